The van der Waals surface area contributed by atoms with Crippen LogP contribution < -0.4 is 10.1 Å². The van der Waals surface area contributed by atoms with Crippen molar-refractivity contribution in [2.24, 2.45) is 0 Å². The van der Waals surface area contributed by atoms with Crippen molar-refractivity contribution in [1.82, 2.24) is 15.1 Å². The van der Waals surface area contributed by atoms with Gasteiger partial charge >= 0.3 is 5.97 Å². The fourth-order valence-corrected chi connectivity index (χ4v) is 6.57. The van der Waals surface area contributed by atoms with E-state index in [9.17, 15) is 19.5 Å². The minimum absolute atomic E-state index is 0.0417. The molecule has 1 aliphatic carbocycles. The number of carboxylic acids is 1. The second-order valence-corrected chi connectivity index (χ2v) is 11.9. The normalized spacial score (nSPS) is 22.1. The third kappa shape index (κ3) is 6.41. The summed E-state index contributed by atoms with van der Waals surface area (Å²) >= 11 is 0. The molecule has 9 heteroatoms. The molecular formula is C32H41N3O6. The van der Waals surface area contributed by atoms with E-state index >= 15 is 0 Å². The van der Waals surface area contributed by atoms with Gasteiger partial charge in [0.15, 0.2) is 0 Å². The lowest BCUT2D eigenvalue weighted by Crippen LogP contribution is -2.73. The number of aliphatic hydroxyl groups is 1. The van der Waals surface area contributed by atoms with E-state index in [1.165, 1.54) is 12.1 Å². The molecule has 2 aliphatic heterocycles. The van der Waals surface area contributed by atoms with E-state index in [2.05, 4.69) is 17.1 Å². The smallest absolute Gasteiger partial charge is 0.335 e. The summed E-state index contributed by atoms with van der Waals surface area (Å²) < 4.78 is 5.85. The van der Waals surface area contributed by atoms with Crippen molar-refractivity contribution >= 4 is 17.8 Å². The minimum Gasteiger partial charge on any atom is -0.478 e. The Balaban J connectivity index is 1.19. The number of carbonyl (C=O) groups excluding carboxylic acids is 2. The molecule has 41 heavy (non-hydrogen) atoms. The van der Waals surface area contributed by atoms with Crippen LogP contribution in [0.5, 0.6) is 11.5 Å². The molecule has 1 spiro atoms. The molecule has 2 saturated heterocycles. The summed E-state index contributed by atoms with van der Waals surface area (Å²) in [5, 5.41) is 23.0. The van der Waals surface area contributed by atoms with Crippen LogP contribution in [0.4, 0.5) is 0 Å². The Kier molecular flexibility index (Phi) is 8.66. The lowest BCUT2D eigenvalue weighted by molar-refractivity contribution is -0.163. The van der Waals surface area contributed by atoms with Gasteiger partial charge in [0.05, 0.1) is 11.2 Å². The fourth-order valence-electron chi connectivity index (χ4n) is 6.57. The molecule has 220 valence electrons. The Morgan fingerprint density at radius 3 is 2.17 bits per heavy atom. The largest absolute Gasteiger partial charge is 0.478 e. The van der Waals surface area contributed by atoms with E-state index in [0.29, 0.717) is 63.2 Å². The van der Waals surface area contributed by atoms with E-state index in [4.69, 9.17) is 9.84 Å². The van der Waals surface area contributed by atoms with E-state index in [0.717, 1.165) is 37.8 Å². The van der Waals surface area contributed by atoms with Crippen molar-refractivity contribution in [3.63, 3.8) is 0 Å². The van der Waals surface area contributed by atoms with Crippen LogP contribution in [-0.4, -0.2) is 74.6 Å². The van der Waals surface area contributed by atoms with Crippen molar-refractivity contribution in [3.8, 4) is 11.5 Å². The van der Waals surface area contributed by atoms with Crippen molar-refractivity contribution in [2.75, 3.05) is 19.6 Å². The Morgan fingerprint density at radius 2 is 1.59 bits per heavy atom. The van der Waals surface area contributed by atoms with Gasteiger partial charge in [0.1, 0.15) is 23.1 Å². The summed E-state index contributed by atoms with van der Waals surface area (Å²) in [6.07, 6.45) is 6.55. The lowest BCUT2D eigenvalue weighted by Gasteiger charge is -2.52. The molecular weight excluding hydrogens is 522 g/mol. The third-order valence-electron chi connectivity index (χ3n) is 9.01. The van der Waals surface area contributed by atoms with Crippen LogP contribution >= 0.6 is 0 Å². The van der Waals surface area contributed by atoms with Gasteiger partial charge < -0.3 is 25.2 Å². The van der Waals surface area contributed by atoms with Gasteiger partial charge in [-0.1, -0.05) is 38.3 Å². The average Bonchev–Trinajstić information content (AvgIpc) is 3.40. The Morgan fingerprint density at radius 1 is 0.976 bits per heavy atom. The van der Waals surface area contributed by atoms with Gasteiger partial charge in [0.2, 0.25) is 11.8 Å². The average molecular weight is 564 g/mol. The summed E-state index contributed by atoms with van der Waals surface area (Å²) in [4.78, 5) is 42.6. The van der Waals surface area contributed by atoms with Crippen LogP contribution in [0.15, 0.2) is 48.5 Å². The van der Waals surface area contributed by atoms with Crippen molar-refractivity contribution in [2.45, 2.75) is 88.4 Å². The standard InChI is InChI=1S/C32H41N3O6/c1-2-3-18-35-28(36)27(21-31(40)14-4-5-15-31)33-30(39)32(35)16-19-34(20-17-32)22-23-6-10-25(11-7-23)41-26-12-8-24(9-13-26)29(37)38/h6-13,27,40H,2-5,14-22H2,1H3,(H,33,39)(H,37,38)/t27-/m1/s1. The van der Waals surface area contributed by atoms with Crippen molar-refractivity contribution in [3.05, 3.63) is 59.7 Å². The topological polar surface area (TPSA) is 119 Å². The van der Waals surface area contributed by atoms with Gasteiger partial charge in [-0.2, -0.15) is 0 Å². The zero-order valence-electron chi connectivity index (χ0n) is 23.8. The number of benzene rings is 2. The van der Waals surface area contributed by atoms with Gasteiger partial charge in [0.25, 0.3) is 0 Å². The Labute approximate surface area is 241 Å². The van der Waals surface area contributed by atoms with Crippen LogP contribution in [0.2, 0.25) is 0 Å². The first-order chi connectivity index (χ1) is 19.7. The molecule has 2 aromatic carbocycles. The van der Waals surface area contributed by atoms with Gasteiger partial charge in [-0.25, -0.2) is 4.79 Å². The number of hydrogen-bond donors (Lipinski definition) is 3. The van der Waals surface area contributed by atoms with Crippen LogP contribution in [0.25, 0.3) is 0 Å². The zero-order chi connectivity index (χ0) is 29.0. The van der Waals surface area contributed by atoms with Crippen LogP contribution in [0.1, 0.15) is 80.6 Å². The van der Waals surface area contributed by atoms with Gasteiger partial charge in [-0.15, -0.1) is 0 Å². The van der Waals surface area contributed by atoms with Gasteiger partial charge in [-0.3, -0.25) is 14.5 Å². The number of amides is 2. The molecule has 1 saturated carbocycles. The van der Waals surface area contributed by atoms with Gasteiger partial charge in [-0.05, 0) is 74.1 Å². The first-order valence-electron chi connectivity index (χ1n) is 14.9. The first-order valence-corrected chi connectivity index (χ1v) is 14.9. The molecule has 2 amide bonds. The predicted molar refractivity (Wildman–Crippen MR) is 154 cm³/mol. The molecule has 0 unspecified atom stereocenters. The number of aromatic carboxylic acids is 1. The highest BCUT2D eigenvalue weighted by Crippen LogP contribution is 2.38. The van der Waals surface area contributed by atoms with E-state index in [1.54, 1.807) is 12.1 Å². The first kappa shape index (κ1) is 29.1. The summed E-state index contributed by atoms with van der Waals surface area (Å²) in [6.45, 7) is 4.79. The number of carbonyl (C=O) groups is 3. The fraction of sp³-hybridized carbons (Fsp3) is 0.531. The summed E-state index contributed by atoms with van der Waals surface area (Å²) in [5.41, 5.74) is -0.358. The maximum Gasteiger partial charge on any atom is 0.335 e. The number of nitrogens with one attached hydrogen (secondary N) is 1. The molecule has 2 aromatic rings. The number of carboxylic acid groups (broad SMARTS) is 1. The molecule has 3 fully saturated rings. The summed E-state index contributed by atoms with van der Waals surface area (Å²) in [5.74, 6) is 0.140. The number of likely N-dealkylation sites (tertiary alicyclic amines) is 1. The maximum absolute atomic E-state index is 13.7. The highest BCUT2D eigenvalue weighted by molar-refractivity contribution is 6.00. The zero-order valence-corrected chi connectivity index (χ0v) is 23.8. The molecule has 3 aliphatic rings. The number of rotatable bonds is 10. The second-order valence-electron chi connectivity index (χ2n) is 11.9. The number of piperazine rings is 1. The summed E-state index contributed by atoms with van der Waals surface area (Å²) in [7, 11) is 0. The summed E-state index contributed by atoms with van der Waals surface area (Å²) in [6, 6.07) is 13.4. The molecule has 0 radical (unpaired) electrons. The highest BCUT2D eigenvalue weighted by atomic mass is 16.5. The minimum atomic E-state index is -0.975. The van der Waals surface area contributed by atoms with E-state index < -0.39 is 23.2 Å². The van der Waals surface area contributed by atoms with Crippen LogP contribution in [0.3, 0.4) is 0 Å². The highest BCUT2D eigenvalue weighted by Gasteiger charge is 2.54. The second kappa shape index (κ2) is 12.2. The van der Waals surface area contributed by atoms with E-state index in [1.807, 2.05) is 29.2 Å². The molecule has 2 heterocycles. The van der Waals surface area contributed by atoms with Crippen molar-refractivity contribution in [1.29, 1.82) is 0 Å². The van der Waals surface area contributed by atoms with Crippen LogP contribution in [-0.2, 0) is 16.1 Å². The predicted octanol–water partition coefficient (Wildman–Crippen LogP) is 4.33. The molecule has 0 aromatic heterocycles. The molecule has 1 atom stereocenters. The SMILES string of the molecule is CCCCN1C(=O)[C@@H](CC2(O)CCCC2)NC(=O)C12CCN(Cc1ccc(Oc3ccc(C(=O)O)cc3)cc1)CC2. The number of hydrogen-bond acceptors (Lipinski definition) is 6. The Hall–Kier alpha value is -3.43. The number of nitrogens with zero attached hydrogens (tertiary/aromatic N) is 2. The maximum atomic E-state index is 13.7. The van der Waals surface area contributed by atoms with Crippen molar-refractivity contribution < 1.29 is 29.3 Å². The molecule has 3 N–H and O–H groups in total. The molecule has 5 rings (SSSR count). The Bertz CT molecular complexity index is 1230. The quantitative estimate of drug-likeness (QED) is 0.394. The van der Waals surface area contributed by atoms with E-state index in [-0.39, 0.29) is 17.4 Å². The van der Waals surface area contributed by atoms with Gasteiger partial charge in [0, 0.05) is 32.6 Å². The molecule has 0 bridgehead atoms. The monoisotopic (exact) mass is 563 g/mol. The lowest BCUT2D eigenvalue weighted by atomic mass is 9.80. The van der Waals surface area contributed by atoms with Crippen LogP contribution in [0, 0.1) is 0 Å². The molecule has 9 nitrogen and oxygen atoms in total. The number of piperidine rings is 1. The number of unbranched alkanes of at least 4 members (excludes halogenated alkanes) is 1. The number of ether oxygens (including phenoxy) is 1. The third-order valence-corrected chi connectivity index (χ3v) is 9.01.